The zero-order valence-electron chi connectivity index (χ0n) is 14.0. The highest BCUT2D eigenvalue weighted by Crippen LogP contribution is 2.32. The summed E-state index contributed by atoms with van der Waals surface area (Å²) in [6.07, 6.45) is 1.61. The molecule has 0 N–H and O–H groups in total. The van der Waals surface area contributed by atoms with Gasteiger partial charge in [-0.2, -0.15) is 0 Å². The van der Waals surface area contributed by atoms with Crippen LogP contribution >= 0.6 is 11.9 Å². The zero-order chi connectivity index (χ0) is 17.7. The van der Waals surface area contributed by atoms with Gasteiger partial charge in [0.15, 0.2) is 0 Å². The number of methoxy groups -OCH3 is 1. The van der Waals surface area contributed by atoms with Crippen molar-refractivity contribution in [3.05, 3.63) is 66.7 Å². The molecule has 0 radical (unpaired) electrons. The fourth-order valence-corrected chi connectivity index (χ4v) is 4.83. The van der Waals surface area contributed by atoms with E-state index >= 15 is 0 Å². The predicted octanol–water partition coefficient (Wildman–Crippen LogP) is 4.28. The van der Waals surface area contributed by atoms with Gasteiger partial charge in [-0.25, -0.2) is 8.42 Å². The van der Waals surface area contributed by atoms with Gasteiger partial charge in [0, 0.05) is 4.90 Å². The number of aryl methyl sites for hydroxylation is 1. The van der Waals surface area contributed by atoms with Crippen molar-refractivity contribution in [3.8, 4) is 5.75 Å². The summed E-state index contributed by atoms with van der Waals surface area (Å²) in [7, 11) is -2.06. The normalized spacial score (nSPS) is 12.8. The number of benzene rings is 2. The topological polar surface area (TPSA) is 46.6 Å². The van der Waals surface area contributed by atoms with Crippen LogP contribution < -0.4 is 4.74 Å². The standard InChI is InChI=1S/C18H21NO3S2/c1-5-15(3)19(23-17-10-8-16(22-4)9-11-17)24(20,21)18-12-6-14(2)7-13-18/h5-13,15H,1H2,2-4H3. The number of hydrogen-bond donors (Lipinski definition) is 0. The van der Waals surface area contributed by atoms with Gasteiger partial charge in [0.1, 0.15) is 5.75 Å². The molecule has 0 aliphatic heterocycles. The summed E-state index contributed by atoms with van der Waals surface area (Å²) < 4.78 is 32.5. The van der Waals surface area contributed by atoms with Crippen LogP contribution in [0, 0.1) is 6.92 Å². The Morgan fingerprint density at radius 1 is 1.12 bits per heavy atom. The van der Waals surface area contributed by atoms with Crippen LogP contribution in [-0.2, 0) is 10.0 Å². The van der Waals surface area contributed by atoms with E-state index in [4.69, 9.17) is 4.74 Å². The molecule has 1 atom stereocenters. The lowest BCUT2D eigenvalue weighted by atomic mass is 10.2. The molecule has 0 saturated carbocycles. The first-order chi connectivity index (χ1) is 11.4. The second kappa shape index (κ2) is 7.88. The maximum Gasteiger partial charge on any atom is 0.253 e. The molecular weight excluding hydrogens is 342 g/mol. The molecule has 24 heavy (non-hydrogen) atoms. The van der Waals surface area contributed by atoms with Gasteiger partial charge < -0.3 is 4.74 Å². The molecule has 2 aromatic carbocycles. The molecule has 2 aromatic rings. The monoisotopic (exact) mass is 363 g/mol. The van der Waals surface area contributed by atoms with Crippen molar-refractivity contribution in [2.24, 2.45) is 0 Å². The molecule has 0 fully saturated rings. The van der Waals surface area contributed by atoms with Crippen LogP contribution in [0.15, 0.2) is 71.0 Å². The molecule has 0 amide bonds. The van der Waals surface area contributed by atoms with Crippen LogP contribution in [0.1, 0.15) is 12.5 Å². The first-order valence-electron chi connectivity index (χ1n) is 7.44. The number of rotatable bonds is 7. The number of nitrogens with zero attached hydrogens (tertiary/aromatic N) is 1. The Morgan fingerprint density at radius 3 is 2.21 bits per heavy atom. The summed E-state index contributed by atoms with van der Waals surface area (Å²) in [6, 6.07) is 13.7. The van der Waals surface area contributed by atoms with Crippen LogP contribution in [0.4, 0.5) is 0 Å². The van der Waals surface area contributed by atoms with Crippen LogP contribution in [0.5, 0.6) is 5.75 Å². The van der Waals surface area contributed by atoms with Crippen molar-refractivity contribution in [2.75, 3.05) is 7.11 Å². The predicted molar refractivity (Wildman–Crippen MR) is 98.7 cm³/mol. The van der Waals surface area contributed by atoms with E-state index in [1.54, 1.807) is 56.5 Å². The molecule has 2 rings (SSSR count). The van der Waals surface area contributed by atoms with Gasteiger partial charge in [-0.05, 0) is 62.2 Å². The van der Waals surface area contributed by atoms with Crippen molar-refractivity contribution >= 4 is 22.0 Å². The van der Waals surface area contributed by atoms with Crippen molar-refractivity contribution in [2.45, 2.75) is 29.7 Å². The lowest BCUT2D eigenvalue weighted by Crippen LogP contribution is -2.31. The van der Waals surface area contributed by atoms with Crippen molar-refractivity contribution in [1.29, 1.82) is 0 Å². The van der Waals surface area contributed by atoms with E-state index in [1.807, 2.05) is 19.1 Å². The molecule has 6 heteroatoms. The second-order valence-electron chi connectivity index (χ2n) is 5.32. The number of hydrogen-bond acceptors (Lipinski definition) is 4. The first-order valence-corrected chi connectivity index (χ1v) is 9.65. The van der Waals surface area contributed by atoms with E-state index in [2.05, 4.69) is 6.58 Å². The fourth-order valence-electron chi connectivity index (χ4n) is 1.99. The van der Waals surface area contributed by atoms with E-state index in [-0.39, 0.29) is 10.9 Å². The van der Waals surface area contributed by atoms with Gasteiger partial charge in [0.2, 0.25) is 0 Å². The second-order valence-corrected chi connectivity index (χ2v) is 8.41. The molecule has 128 valence electrons. The summed E-state index contributed by atoms with van der Waals surface area (Å²) in [5.41, 5.74) is 1.01. The Kier molecular flexibility index (Phi) is 6.10. The molecule has 0 aliphatic rings. The average Bonchev–Trinajstić information content (AvgIpc) is 2.59. The SMILES string of the molecule is C=CC(C)N(Sc1ccc(OC)cc1)S(=O)(=O)c1ccc(C)cc1. The summed E-state index contributed by atoms with van der Waals surface area (Å²) in [6.45, 7) is 7.46. The lowest BCUT2D eigenvalue weighted by molar-refractivity contribution is 0.414. The van der Waals surface area contributed by atoms with Gasteiger partial charge in [0.05, 0.1) is 18.0 Å². The minimum absolute atomic E-state index is 0.266. The minimum atomic E-state index is -3.65. The number of ether oxygens (including phenoxy) is 1. The third-order valence-electron chi connectivity index (χ3n) is 3.48. The van der Waals surface area contributed by atoms with Crippen LogP contribution in [0.25, 0.3) is 0 Å². The number of sulfonamides is 1. The lowest BCUT2D eigenvalue weighted by Gasteiger charge is -2.25. The van der Waals surface area contributed by atoms with E-state index in [9.17, 15) is 8.42 Å². The Balaban J connectivity index is 2.36. The highest BCUT2D eigenvalue weighted by atomic mass is 32.3. The van der Waals surface area contributed by atoms with Gasteiger partial charge in [-0.3, -0.25) is 0 Å². The fraction of sp³-hybridized carbons (Fsp3) is 0.222. The van der Waals surface area contributed by atoms with Crippen LogP contribution in [0.3, 0.4) is 0 Å². The van der Waals surface area contributed by atoms with Gasteiger partial charge in [0.25, 0.3) is 10.0 Å². The van der Waals surface area contributed by atoms with Crippen LogP contribution in [-0.4, -0.2) is 25.3 Å². The Hall–Kier alpha value is -1.76. The molecule has 0 aromatic heterocycles. The molecule has 0 heterocycles. The molecular formula is C18H21NO3S2. The third kappa shape index (κ3) is 4.20. The summed E-state index contributed by atoms with van der Waals surface area (Å²) in [4.78, 5) is 1.07. The first kappa shape index (κ1) is 18.6. The van der Waals surface area contributed by atoms with Gasteiger partial charge >= 0.3 is 0 Å². The van der Waals surface area contributed by atoms with E-state index in [0.717, 1.165) is 16.2 Å². The molecule has 4 nitrogen and oxygen atoms in total. The van der Waals surface area contributed by atoms with Crippen molar-refractivity contribution in [1.82, 2.24) is 3.71 Å². The largest absolute Gasteiger partial charge is 0.497 e. The Labute approximate surface area is 148 Å². The summed E-state index contributed by atoms with van der Waals surface area (Å²) in [5, 5.41) is 0. The van der Waals surface area contributed by atoms with E-state index in [0.29, 0.717) is 0 Å². The maximum absolute atomic E-state index is 13.0. The zero-order valence-corrected chi connectivity index (χ0v) is 15.6. The highest BCUT2D eigenvalue weighted by Gasteiger charge is 2.29. The van der Waals surface area contributed by atoms with Gasteiger partial charge in [-0.1, -0.05) is 23.8 Å². The highest BCUT2D eigenvalue weighted by molar-refractivity contribution is 8.08. The smallest absolute Gasteiger partial charge is 0.253 e. The summed E-state index contributed by atoms with van der Waals surface area (Å²) in [5.74, 6) is 0.726. The Morgan fingerprint density at radius 2 is 1.71 bits per heavy atom. The van der Waals surface area contributed by atoms with E-state index < -0.39 is 10.0 Å². The van der Waals surface area contributed by atoms with Crippen molar-refractivity contribution < 1.29 is 13.2 Å². The third-order valence-corrected chi connectivity index (χ3v) is 6.97. The summed E-state index contributed by atoms with van der Waals surface area (Å²) >= 11 is 1.17. The minimum Gasteiger partial charge on any atom is -0.497 e. The van der Waals surface area contributed by atoms with E-state index in [1.165, 1.54) is 15.7 Å². The molecule has 1 unspecified atom stereocenters. The molecule has 0 aliphatic carbocycles. The van der Waals surface area contributed by atoms with Crippen molar-refractivity contribution in [3.63, 3.8) is 0 Å². The molecule has 0 saturated heterocycles. The van der Waals surface area contributed by atoms with Crippen LogP contribution in [0.2, 0.25) is 0 Å². The molecule has 0 spiro atoms. The molecule has 0 bridgehead atoms. The Bertz CT molecular complexity index is 784. The maximum atomic E-state index is 13.0. The average molecular weight is 364 g/mol. The van der Waals surface area contributed by atoms with Gasteiger partial charge in [-0.15, -0.1) is 10.3 Å². The quantitative estimate of drug-likeness (QED) is 0.544.